The minimum absolute atomic E-state index is 0.129. The first-order valence-corrected chi connectivity index (χ1v) is 10.3. The molecule has 0 spiro atoms. The van der Waals surface area contributed by atoms with Gasteiger partial charge in [0.1, 0.15) is 0 Å². The predicted molar refractivity (Wildman–Crippen MR) is 120 cm³/mol. The maximum absolute atomic E-state index is 13.4. The summed E-state index contributed by atoms with van der Waals surface area (Å²) in [7, 11) is 0. The molecule has 0 saturated heterocycles. The van der Waals surface area contributed by atoms with Gasteiger partial charge in [0.15, 0.2) is 0 Å². The van der Waals surface area contributed by atoms with Gasteiger partial charge in [-0.3, -0.25) is 4.79 Å². The number of hydrogen-bond acceptors (Lipinski definition) is 1. The highest BCUT2D eigenvalue weighted by molar-refractivity contribution is 5.83. The van der Waals surface area contributed by atoms with Crippen molar-refractivity contribution in [2.75, 3.05) is 6.54 Å². The Morgan fingerprint density at radius 3 is 2.48 bits per heavy atom. The van der Waals surface area contributed by atoms with Crippen LogP contribution in [0.2, 0.25) is 0 Å². The number of amides is 1. The number of benzene rings is 2. The molecule has 1 unspecified atom stereocenters. The third-order valence-corrected chi connectivity index (χ3v) is 5.45. The van der Waals surface area contributed by atoms with Gasteiger partial charge in [-0.25, -0.2) is 0 Å². The largest absolute Gasteiger partial charge is 0.345 e. The third-order valence-electron chi connectivity index (χ3n) is 5.45. The first kappa shape index (κ1) is 20.7. The number of carbonyl (C=O) groups excluding carboxylic acids is 1. The van der Waals surface area contributed by atoms with Crippen LogP contribution in [0.3, 0.4) is 0 Å². The summed E-state index contributed by atoms with van der Waals surface area (Å²) in [6.45, 7) is 10.0. The van der Waals surface area contributed by atoms with E-state index in [2.05, 4.69) is 67.6 Å². The lowest BCUT2D eigenvalue weighted by Gasteiger charge is -2.27. The van der Waals surface area contributed by atoms with E-state index in [-0.39, 0.29) is 11.8 Å². The zero-order valence-electron chi connectivity index (χ0n) is 17.4. The first-order chi connectivity index (χ1) is 14.1. The predicted octanol–water partition coefficient (Wildman–Crippen LogP) is 5.55. The van der Waals surface area contributed by atoms with Crippen LogP contribution in [0.15, 0.2) is 85.6 Å². The van der Waals surface area contributed by atoms with E-state index in [4.69, 9.17) is 0 Å². The number of rotatable bonds is 9. The van der Waals surface area contributed by atoms with E-state index in [0.717, 1.165) is 24.2 Å². The molecule has 3 rings (SSSR count). The SMILES string of the molecule is C=CCN(Cc1cccn1Cc1ccccc1C)C(=O)C(CC)c1ccccc1. The van der Waals surface area contributed by atoms with Crippen LogP contribution in [-0.4, -0.2) is 21.9 Å². The molecule has 3 heteroatoms. The van der Waals surface area contributed by atoms with Gasteiger partial charge in [-0.05, 0) is 42.2 Å². The van der Waals surface area contributed by atoms with Crippen molar-refractivity contribution < 1.29 is 4.79 Å². The van der Waals surface area contributed by atoms with Gasteiger partial charge in [0, 0.05) is 25.0 Å². The fourth-order valence-electron chi connectivity index (χ4n) is 3.76. The Morgan fingerprint density at radius 1 is 1.07 bits per heavy atom. The average Bonchev–Trinajstić information content (AvgIpc) is 3.17. The zero-order chi connectivity index (χ0) is 20.6. The molecule has 3 nitrogen and oxygen atoms in total. The minimum Gasteiger partial charge on any atom is -0.345 e. The van der Waals surface area contributed by atoms with Crippen LogP contribution < -0.4 is 0 Å². The summed E-state index contributed by atoms with van der Waals surface area (Å²) in [4.78, 5) is 15.3. The maximum atomic E-state index is 13.4. The molecule has 0 aliphatic rings. The molecular weight excluding hydrogens is 356 g/mol. The second-order valence-electron chi connectivity index (χ2n) is 7.43. The van der Waals surface area contributed by atoms with Crippen molar-refractivity contribution in [1.29, 1.82) is 0 Å². The minimum atomic E-state index is -0.129. The number of nitrogens with zero attached hydrogens (tertiary/aromatic N) is 2. The Hall–Kier alpha value is -3.07. The van der Waals surface area contributed by atoms with Gasteiger partial charge in [0.25, 0.3) is 0 Å². The van der Waals surface area contributed by atoms with Gasteiger partial charge < -0.3 is 9.47 Å². The standard InChI is InChI=1S/C26H30N2O/c1-4-17-28(26(29)25(5-2)22-13-7-6-8-14-22)20-24-16-11-18-27(24)19-23-15-10-9-12-21(23)3/h4,6-16,18,25H,1,5,17,19-20H2,2-3H3. The van der Waals surface area contributed by atoms with Crippen LogP contribution in [0.4, 0.5) is 0 Å². The van der Waals surface area contributed by atoms with Gasteiger partial charge in [-0.15, -0.1) is 6.58 Å². The van der Waals surface area contributed by atoms with E-state index < -0.39 is 0 Å². The van der Waals surface area contributed by atoms with Gasteiger partial charge >= 0.3 is 0 Å². The van der Waals surface area contributed by atoms with Crippen molar-refractivity contribution in [3.63, 3.8) is 0 Å². The van der Waals surface area contributed by atoms with Gasteiger partial charge in [0.2, 0.25) is 5.91 Å². The third kappa shape index (κ3) is 5.05. The summed E-state index contributed by atoms with van der Waals surface area (Å²) >= 11 is 0. The molecule has 1 atom stereocenters. The summed E-state index contributed by atoms with van der Waals surface area (Å²) in [5.41, 5.74) is 4.78. The van der Waals surface area contributed by atoms with Crippen LogP contribution in [0, 0.1) is 6.92 Å². The fraction of sp³-hybridized carbons (Fsp3) is 0.269. The molecule has 0 bridgehead atoms. The molecule has 3 aromatic rings. The van der Waals surface area contributed by atoms with Crippen LogP contribution in [0.1, 0.15) is 41.6 Å². The lowest BCUT2D eigenvalue weighted by Crippen LogP contribution is -2.35. The van der Waals surface area contributed by atoms with E-state index in [0.29, 0.717) is 13.1 Å². The summed E-state index contributed by atoms with van der Waals surface area (Å²) in [6.07, 6.45) is 4.68. The highest BCUT2D eigenvalue weighted by atomic mass is 16.2. The van der Waals surface area contributed by atoms with Gasteiger partial charge in [-0.1, -0.05) is 67.6 Å². The lowest BCUT2D eigenvalue weighted by atomic mass is 9.95. The molecule has 1 aromatic heterocycles. The van der Waals surface area contributed by atoms with Gasteiger partial charge in [0.05, 0.1) is 12.5 Å². The Bertz CT molecular complexity index is 942. The molecule has 0 aliphatic carbocycles. The molecule has 2 aromatic carbocycles. The highest BCUT2D eigenvalue weighted by Gasteiger charge is 2.24. The molecule has 1 heterocycles. The van der Waals surface area contributed by atoms with Crippen LogP contribution in [0.5, 0.6) is 0 Å². The van der Waals surface area contributed by atoms with Crippen LogP contribution in [-0.2, 0) is 17.9 Å². The number of hydrogen-bond donors (Lipinski definition) is 0. The normalized spacial score (nSPS) is 11.8. The number of aryl methyl sites for hydroxylation is 1. The van der Waals surface area contributed by atoms with E-state index in [1.54, 1.807) is 0 Å². The van der Waals surface area contributed by atoms with E-state index in [9.17, 15) is 4.79 Å². The van der Waals surface area contributed by atoms with Crippen LogP contribution >= 0.6 is 0 Å². The second kappa shape index (κ2) is 9.92. The number of aromatic nitrogens is 1. The average molecular weight is 387 g/mol. The fourth-order valence-corrected chi connectivity index (χ4v) is 3.76. The molecule has 1 amide bonds. The molecular formula is C26H30N2O. The van der Waals surface area contributed by atoms with Crippen molar-refractivity contribution >= 4 is 5.91 Å². The summed E-state index contributed by atoms with van der Waals surface area (Å²) < 4.78 is 2.23. The molecule has 0 saturated carbocycles. The van der Waals surface area contributed by atoms with Crippen LogP contribution in [0.25, 0.3) is 0 Å². The number of carbonyl (C=O) groups is 1. The topological polar surface area (TPSA) is 25.2 Å². The zero-order valence-corrected chi connectivity index (χ0v) is 17.4. The van der Waals surface area contributed by atoms with Crippen molar-refractivity contribution in [2.24, 2.45) is 0 Å². The summed E-state index contributed by atoms with van der Waals surface area (Å²) in [6, 6.07) is 22.7. The van der Waals surface area contributed by atoms with E-state index in [1.807, 2.05) is 41.3 Å². The van der Waals surface area contributed by atoms with Crippen molar-refractivity contribution in [3.8, 4) is 0 Å². The summed E-state index contributed by atoms with van der Waals surface area (Å²) in [5.74, 6) is 0.0261. The quantitative estimate of drug-likeness (QED) is 0.442. The van der Waals surface area contributed by atoms with Crippen molar-refractivity contribution in [2.45, 2.75) is 39.3 Å². The van der Waals surface area contributed by atoms with E-state index >= 15 is 0 Å². The molecule has 0 aliphatic heterocycles. The molecule has 0 fully saturated rings. The van der Waals surface area contributed by atoms with Crippen molar-refractivity contribution in [1.82, 2.24) is 9.47 Å². The lowest BCUT2D eigenvalue weighted by molar-refractivity contribution is -0.133. The Labute approximate surface area is 174 Å². The smallest absolute Gasteiger partial charge is 0.230 e. The van der Waals surface area contributed by atoms with Crippen molar-refractivity contribution in [3.05, 3.63) is 108 Å². The molecule has 0 N–H and O–H groups in total. The summed E-state index contributed by atoms with van der Waals surface area (Å²) in [5, 5.41) is 0. The second-order valence-corrected chi connectivity index (χ2v) is 7.43. The molecule has 0 radical (unpaired) electrons. The molecule has 29 heavy (non-hydrogen) atoms. The Morgan fingerprint density at radius 2 is 1.79 bits per heavy atom. The Kier molecular flexibility index (Phi) is 7.07. The maximum Gasteiger partial charge on any atom is 0.230 e. The van der Waals surface area contributed by atoms with E-state index in [1.165, 1.54) is 11.1 Å². The van der Waals surface area contributed by atoms with Gasteiger partial charge in [-0.2, -0.15) is 0 Å². The monoisotopic (exact) mass is 386 g/mol. The first-order valence-electron chi connectivity index (χ1n) is 10.3. The molecule has 150 valence electrons. The highest BCUT2D eigenvalue weighted by Crippen LogP contribution is 2.23. The Balaban J connectivity index is 1.81.